The van der Waals surface area contributed by atoms with Gasteiger partial charge < -0.3 is 14.8 Å². The molecule has 1 aliphatic rings. The minimum atomic E-state index is -0.337. The van der Waals surface area contributed by atoms with E-state index in [1.54, 1.807) is 0 Å². The van der Waals surface area contributed by atoms with Crippen LogP contribution in [0, 0.1) is 6.92 Å². The van der Waals surface area contributed by atoms with E-state index >= 15 is 0 Å². The summed E-state index contributed by atoms with van der Waals surface area (Å²) in [6.45, 7) is 2.95. The number of nitrogens with one attached hydrogen (secondary N) is 1. The van der Waals surface area contributed by atoms with Crippen molar-refractivity contribution in [2.45, 2.75) is 25.9 Å². The van der Waals surface area contributed by atoms with Crippen molar-refractivity contribution >= 4 is 17.6 Å². The topological polar surface area (TPSA) is 55.1 Å². The van der Waals surface area contributed by atoms with E-state index in [0.717, 1.165) is 40.4 Å². The summed E-state index contributed by atoms with van der Waals surface area (Å²) in [6, 6.07) is 31.7. The van der Waals surface area contributed by atoms with Gasteiger partial charge in [0.2, 0.25) is 0 Å². The van der Waals surface area contributed by atoms with Crippen molar-refractivity contribution in [1.82, 2.24) is 24.6 Å². The van der Waals surface area contributed by atoms with Gasteiger partial charge in [-0.2, -0.15) is 5.10 Å². The highest BCUT2D eigenvalue weighted by Gasteiger charge is 2.36. The molecule has 5 aromatic rings. The lowest BCUT2D eigenvalue weighted by atomic mass is 10.0. The Morgan fingerprint density at radius 2 is 1.74 bits per heavy atom. The maximum absolute atomic E-state index is 13.9. The van der Waals surface area contributed by atoms with Crippen molar-refractivity contribution in [3.05, 3.63) is 136 Å². The summed E-state index contributed by atoms with van der Waals surface area (Å²) < 4.78 is 4.13. The Kier molecular flexibility index (Phi) is 6.48. The first-order chi connectivity index (χ1) is 18.6. The molecule has 6 rings (SSSR count). The Balaban J connectivity index is 1.44. The monoisotopic (exact) mass is 521 g/mol. The molecule has 1 unspecified atom stereocenters. The number of hydrogen-bond acceptors (Lipinski definition) is 2. The highest BCUT2D eigenvalue weighted by molar-refractivity contribution is 6.30. The van der Waals surface area contributed by atoms with E-state index in [-0.39, 0.29) is 12.1 Å². The highest BCUT2D eigenvalue weighted by Crippen LogP contribution is 2.38. The first kappa shape index (κ1) is 24.1. The van der Waals surface area contributed by atoms with E-state index < -0.39 is 0 Å². The van der Waals surface area contributed by atoms with Gasteiger partial charge >= 0.3 is 6.03 Å². The van der Waals surface area contributed by atoms with E-state index in [9.17, 15) is 4.79 Å². The highest BCUT2D eigenvalue weighted by atomic mass is 35.5. The normalized spacial score (nSPS) is 14.5. The third-order valence-corrected chi connectivity index (χ3v) is 7.28. The molecule has 0 bridgehead atoms. The fourth-order valence-corrected chi connectivity index (χ4v) is 5.44. The lowest BCUT2D eigenvalue weighted by Crippen LogP contribution is -2.42. The molecule has 0 saturated carbocycles. The van der Waals surface area contributed by atoms with Gasteiger partial charge in [-0.15, -0.1) is 0 Å². The van der Waals surface area contributed by atoms with Gasteiger partial charge in [0.1, 0.15) is 5.82 Å². The fraction of sp³-hybridized carbons (Fsp3) is 0.161. The molecule has 0 radical (unpaired) electrons. The standard InChI is InChI=1S/C31H28ClN5O/c1-22-27-21-36(31(38)33-18-17-23-10-4-2-5-11-23)29(24-12-8-13-25(32)20-24)28-16-9-19-35(28)30(27)37(34-22)26-14-6-3-7-15-26/h2-16,19-20,29H,17-18,21H2,1H3,(H,33,38). The molecule has 38 heavy (non-hydrogen) atoms. The average molecular weight is 522 g/mol. The molecule has 1 aliphatic heterocycles. The molecule has 190 valence electrons. The van der Waals surface area contributed by atoms with E-state index in [1.807, 2.05) is 102 Å². The van der Waals surface area contributed by atoms with E-state index in [0.29, 0.717) is 18.1 Å². The maximum Gasteiger partial charge on any atom is 0.318 e. The largest absolute Gasteiger partial charge is 0.338 e. The number of amides is 2. The number of urea groups is 1. The zero-order valence-corrected chi connectivity index (χ0v) is 21.8. The van der Waals surface area contributed by atoms with Gasteiger partial charge in [-0.25, -0.2) is 9.48 Å². The molecule has 2 aromatic heterocycles. The fourth-order valence-electron chi connectivity index (χ4n) is 5.24. The van der Waals surface area contributed by atoms with E-state index in [2.05, 4.69) is 28.1 Å². The quantitative estimate of drug-likeness (QED) is 0.288. The number of aryl methyl sites for hydroxylation is 1. The van der Waals surface area contributed by atoms with Crippen molar-refractivity contribution in [2.75, 3.05) is 6.54 Å². The number of hydrogen-bond donors (Lipinski definition) is 1. The zero-order valence-electron chi connectivity index (χ0n) is 21.1. The van der Waals surface area contributed by atoms with Crippen molar-refractivity contribution in [3.8, 4) is 11.5 Å². The lowest BCUT2D eigenvalue weighted by Gasteiger charge is -2.31. The Morgan fingerprint density at radius 3 is 2.50 bits per heavy atom. The summed E-state index contributed by atoms with van der Waals surface area (Å²) in [5.74, 6) is 0.945. The van der Waals surface area contributed by atoms with Crippen LogP contribution in [0.25, 0.3) is 11.5 Å². The third-order valence-electron chi connectivity index (χ3n) is 7.04. The van der Waals surface area contributed by atoms with Crippen molar-refractivity contribution in [2.24, 2.45) is 0 Å². The second-order valence-electron chi connectivity index (χ2n) is 9.49. The zero-order chi connectivity index (χ0) is 26.1. The van der Waals surface area contributed by atoms with Gasteiger partial charge in [0.05, 0.1) is 29.7 Å². The number of benzene rings is 3. The maximum atomic E-state index is 13.9. The predicted molar refractivity (Wildman–Crippen MR) is 150 cm³/mol. The molecule has 6 nitrogen and oxygen atoms in total. The van der Waals surface area contributed by atoms with Crippen LogP contribution in [-0.4, -0.2) is 31.8 Å². The molecule has 3 heterocycles. The van der Waals surface area contributed by atoms with Crippen molar-refractivity contribution in [1.29, 1.82) is 0 Å². The van der Waals surface area contributed by atoms with Gasteiger partial charge in [0.15, 0.2) is 0 Å². The molecule has 0 saturated heterocycles. The predicted octanol–water partition coefficient (Wildman–Crippen LogP) is 6.48. The number of halogens is 1. The summed E-state index contributed by atoms with van der Waals surface area (Å²) in [7, 11) is 0. The van der Waals surface area contributed by atoms with Crippen LogP contribution in [0.3, 0.4) is 0 Å². The number of fused-ring (bicyclic) bond motifs is 3. The minimum Gasteiger partial charge on any atom is -0.338 e. The van der Waals surface area contributed by atoms with Gasteiger partial charge in [-0.1, -0.05) is 72.3 Å². The Hall–Kier alpha value is -4.29. The average Bonchev–Trinajstić information content (AvgIpc) is 3.50. The summed E-state index contributed by atoms with van der Waals surface area (Å²) in [5.41, 5.74) is 5.98. The second kappa shape index (κ2) is 10.2. The van der Waals surface area contributed by atoms with Gasteiger partial charge in [-0.05, 0) is 60.9 Å². The Labute approximate surface area is 227 Å². The number of nitrogens with zero attached hydrogens (tertiary/aromatic N) is 4. The van der Waals surface area contributed by atoms with Gasteiger partial charge in [-0.3, -0.25) is 0 Å². The summed E-state index contributed by atoms with van der Waals surface area (Å²) in [4.78, 5) is 15.8. The van der Waals surface area contributed by atoms with Crippen molar-refractivity contribution < 1.29 is 4.79 Å². The van der Waals surface area contributed by atoms with Crippen LogP contribution in [0.15, 0.2) is 103 Å². The van der Waals surface area contributed by atoms with Crippen LogP contribution in [0.1, 0.15) is 34.1 Å². The van der Waals surface area contributed by atoms with Crippen LogP contribution in [-0.2, 0) is 13.0 Å². The van der Waals surface area contributed by atoms with E-state index in [4.69, 9.17) is 16.7 Å². The third kappa shape index (κ3) is 4.48. The molecular formula is C31H28ClN5O. The van der Waals surface area contributed by atoms with Crippen LogP contribution in [0.2, 0.25) is 5.02 Å². The van der Waals surface area contributed by atoms with Gasteiger partial charge in [0.25, 0.3) is 0 Å². The molecule has 0 fully saturated rings. The number of aromatic nitrogens is 3. The summed E-state index contributed by atoms with van der Waals surface area (Å²) in [6.07, 6.45) is 2.80. The Bertz CT molecular complexity index is 1570. The van der Waals surface area contributed by atoms with Crippen LogP contribution < -0.4 is 5.32 Å². The van der Waals surface area contributed by atoms with Crippen LogP contribution in [0.4, 0.5) is 4.79 Å². The minimum absolute atomic E-state index is 0.127. The molecule has 1 atom stereocenters. The molecule has 3 aromatic carbocycles. The molecular weight excluding hydrogens is 494 g/mol. The van der Waals surface area contributed by atoms with Crippen molar-refractivity contribution in [3.63, 3.8) is 0 Å². The molecule has 0 spiro atoms. The molecule has 1 N–H and O–H groups in total. The molecule has 0 aliphatic carbocycles. The summed E-state index contributed by atoms with van der Waals surface area (Å²) in [5, 5.41) is 8.72. The number of carbonyl (C=O) groups is 1. The first-order valence-corrected chi connectivity index (χ1v) is 13.1. The number of rotatable bonds is 5. The molecule has 7 heteroatoms. The second-order valence-corrected chi connectivity index (χ2v) is 9.93. The van der Waals surface area contributed by atoms with Gasteiger partial charge in [0, 0.05) is 23.3 Å². The van der Waals surface area contributed by atoms with Crippen LogP contribution >= 0.6 is 11.6 Å². The Morgan fingerprint density at radius 1 is 0.974 bits per heavy atom. The summed E-state index contributed by atoms with van der Waals surface area (Å²) >= 11 is 6.44. The first-order valence-electron chi connectivity index (χ1n) is 12.8. The molecule has 2 amide bonds. The lowest BCUT2D eigenvalue weighted by molar-refractivity contribution is 0.180. The smallest absolute Gasteiger partial charge is 0.318 e. The SMILES string of the molecule is Cc1nn(-c2ccccc2)c2c1CN(C(=O)NCCc1ccccc1)C(c1cccc(Cl)c1)c1cccn1-2. The van der Waals surface area contributed by atoms with E-state index in [1.165, 1.54) is 5.56 Å². The number of para-hydroxylation sites is 1. The van der Waals surface area contributed by atoms with Crippen LogP contribution in [0.5, 0.6) is 0 Å². The number of carbonyl (C=O) groups excluding carboxylic acids is 1.